The zero-order valence-corrected chi connectivity index (χ0v) is 19.7. The van der Waals surface area contributed by atoms with Gasteiger partial charge in [-0.3, -0.25) is 9.59 Å². The van der Waals surface area contributed by atoms with Crippen molar-refractivity contribution in [1.29, 1.82) is 0 Å². The molecular formula is C26H34N2O2S. The van der Waals surface area contributed by atoms with Crippen LogP contribution < -0.4 is 5.32 Å². The summed E-state index contributed by atoms with van der Waals surface area (Å²) in [6, 6.07) is 16.2. The molecule has 2 aromatic carbocycles. The van der Waals surface area contributed by atoms with Crippen molar-refractivity contribution in [3.05, 3.63) is 65.2 Å². The quantitative estimate of drug-likeness (QED) is 0.543. The molecule has 1 atom stereocenters. The number of nitrogens with zero attached hydrogens (tertiary/aromatic N) is 1. The highest BCUT2D eigenvalue weighted by molar-refractivity contribution is 8.00. The lowest BCUT2D eigenvalue weighted by Crippen LogP contribution is -2.51. The van der Waals surface area contributed by atoms with Crippen LogP contribution in [0.3, 0.4) is 0 Å². The van der Waals surface area contributed by atoms with Crippen molar-refractivity contribution < 1.29 is 9.59 Å². The molecule has 0 spiro atoms. The molecule has 0 radical (unpaired) electrons. The maximum absolute atomic E-state index is 13.3. The lowest BCUT2D eigenvalue weighted by molar-refractivity contribution is -0.139. The molecule has 166 valence electrons. The molecule has 1 N–H and O–H groups in total. The Morgan fingerprint density at radius 3 is 2.16 bits per heavy atom. The van der Waals surface area contributed by atoms with Crippen LogP contribution in [-0.2, 0) is 16.1 Å². The SMILES string of the molecule is CCC(C(=O)NC1CCCC1)N(Cc1ccc(C)cc1)C(=O)CSc1ccc(C)cc1. The summed E-state index contributed by atoms with van der Waals surface area (Å²) >= 11 is 1.53. The van der Waals surface area contributed by atoms with Crippen molar-refractivity contribution in [1.82, 2.24) is 10.2 Å². The van der Waals surface area contributed by atoms with Crippen LogP contribution in [0.1, 0.15) is 55.7 Å². The zero-order valence-electron chi connectivity index (χ0n) is 18.9. The maximum Gasteiger partial charge on any atom is 0.243 e. The minimum atomic E-state index is -0.451. The zero-order chi connectivity index (χ0) is 22.2. The Balaban J connectivity index is 1.74. The summed E-state index contributed by atoms with van der Waals surface area (Å²) in [5.41, 5.74) is 3.43. The average molecular weight is 439 g/mol. The summed E-state index contributed by atoms with van der Waals surface area (Å²) in [7, 11) is 0. The number of carbonyl (C=O) groups is 2. The van der Waals surface area contributed by atoms with Crippen LogP contribution in [0.4, 0.5) is 0 Å². The van der Waals surface area contributed by atoms with Crippen molar-refractivity contribution >= 4 is 23.6 Å². The molecule has 1 fully saturated rings. The highest BCUT2D eigenvalue weighted by Gasteiger charge is 2.30. The number of hydrogen-bond acceptors (Lipinski definition) is 3. The van der Waals surface area contributed by atoms with Gasteiger partial charge in [-0.2, -0.15) is 0 Å². The van der Waals surface area contributed by atoms with Gasteiger partial charge in [-0.1, -0.05) is 67.3 Å². The van der Waals surface area contributed by atoms with E-state index in [1.807, 2.05) is 31.2 Å². The minimum absolute atomic E-state index is 0.000396. The lowest BCUT2D eigenvalue weighted by atomic mass is 10.1. The summed E-state index contributed by atoms with van der Waals surface area (Å²) in [5.74, 6) is 0.303. The smallest absolute Gasteiger partial charge is 0.243 e. The summed E-state index contributed by atoms with van der Waals surface area (Å²) in [6.45, 7) is 6.54. The molecule has 0 aliphatic heterocycles. The average Bonchev–Trinajstić information content (AvgIpc) is 3.27. The number of benzene rings is 2. The standard InChI is InChI=1S/C26H34N2O2S/c1-4-24(26(30)27-22-7-5-6-8-22)28(17-21-13-9-19(2)10-14-21)25(29)18-31-23-15-11-20(3)12-16-23/h9-16,22,24H,4-8,17-18H2,1-3H3,(H,27,30). The molecule has 4 nitrogen and oxygen atoms in total. The van der Waals surface area contributed by atoms with E-state index >= 15 is 0 Å². The highest BCUT2D eigenvalue weighted by Crippen LogP contribution is 2.22. The normalized spacial score (nSPS) is 14.9. The Kier molecular flexibility index (Phi) is 8.59. The number of rotatable bonds is 9. The fourth-order valence-corrected chi connectivity index (χ4v) is 4.82. The molecule has 0 aromatic heterocycles. The molecule has 1 aliphatic rings. The Morgan fingerprint density at radius 2 is 1.58 bits per heavy atom. The third kappa shape index (κ3) is 6.86. The summed E-state index contributed by atoms with van der Waals surface area (Å²) < 4.78 is 0. The predicted octanol–water partition coefficient (Wildman–Crippen LogP) is 5.26. The van der Waals surface area contributed by atoms with Crippen LogP contribution in [0.2, 0.25) is 0 Å². The van der Waals surface area contributed by atoms with Gasteiger partial charge < -0.3 is 10.2 Å². The van der Waals surface area contributed by atoms with Crippen LogP contribution in [0.25, 0.3) is 0 Å². The van der Waals surface area contributed by atoms with Crippen molar-refractivity contribution in [2.24, 2.45) is 0 Å². The van der Waals surface area contributed by atoms with Crippen molar-refractivity contribution in [3.8, 4) is 0 Å². The van der Waals surface area contributed by atoms with E-state index in [1.165, 1.54) is 35.7 Å². The molecule has 1 aliphatic carbocycles. The predicted molar refractivity (Wildman–Crippen MR) is 128 cm³/mol. The van der Waals surface area contributed by atoms with Gasteiger partial charge in [-0.15, -0.1) is 11.8 Å². The largest absolute Gasteiger partial charge is 0.352 e. The third-order valence-corrected chi connectivity index (χ3v) is 6.94. The van der Waals surface area contributed by atoms with Gasteiger partial charge >= 0.3 is 0 Å². The summed E-state index contributed by atoms with van der Waals surface area (Å²) in [6.07, 6.45) is 5.02. The van der Waals surface area contributed by atoms with E-state index in [9.17, 15) is 9.59 Å². The van der Waals surface area contributed by atoms with E-state index in [0.29, 0.717) is 18.7 Å². The molecule has 1 unspecified atom stereocenters. The first kappa shape index (κ1) is 23.4. The van der Waals surface area contributed by atoms with Gasteiger partial charge in [0, 0.05) is 17.5 Å². The molecule has 1 saturated carbocycles. The molecule has 0 heterocycles. The van der Waals surface area contributed by atoms with Gasteiger partial charge in [-0.25, -0.2) is 0 Å². The molecule has 2 amide bonds. The van der Waals surface area contributed by atoms with Gasteiger partial charge in [0.1, 0.15) is 6.04 Å². The van der Waals surface area contributed by atoms with Crippen LogP contribution in [-0.4, -0.2) is 34.6 Å². The van der Waals surface area contributed by atoms with Crippen molar-refractivity contribution in [2.45, 2.75) is 76.4 Å². The Labute approximate surface area is 190 Å². The van der Waals surface area contributed by atoms with Gasteiger partial charge in [0.15, 0.2) is 0 Å². The number of amides is 2. The maximum atomic E-state index is 13.3. The molecule has 2 aromatic rings. The second-order valence-electron chi connectivity index (χ2n) is 8.52. The summed E-state index contributed by atoms with van der Waals surface area (Å²) in [4.78, 5) is 29.3. The molecule has 3 rings (SSSR count). The second-order valence-corrected chi connectivity index (χ2v) is 9.57. The van der Waals surface area contributed by atoms with Crippen LogP contribution in [0.15, 0.2) is 53.4 Å². The first-order chi connectivity index (χ1) is 15.0. The lowest BCUT2D eigenvalue weighted by Gasteiger charge is -2.31. The Hall–Kier alpha value is -2.27. The van der Waals surface area contributed by atoms with Gasteiger partial charge in [0.2, 0.25) is 11.8 Å². The van der Waals surface area contributed by atoms with Crippen molar-refractivity contribution in [2.75, 3.05) is 5.75 Å². The fourth-order valence-electron chi connectivity index (χ4n) is 4.04. The number of aryl methyl sites for hydroxylation is 2. The second kappa shape index (κ2) is 11.4. The van der Waals surface area contributed by atoms with E-state index in [4.69, 9.17) is 0 Å². The first-order valence-electron chi connectivity index (χ1n) is 11.3. The van der Waals surface area contributed by atoms with E-state index in [1.54, 1.807) is 4.90 Å². The number of carbonyl (C=O) groups excluding carboxylic acids is 2. The molecule has 31 heavy (non-hydrogen) atoms. The number of thioether (sulfide) groups is 1. The summed E-state index contributed by atoms with van der Waals surface area (Å²) in [5, 5.41) is 3.20. The van der Waals surface area contributed by atoms with E-state index in [2.05, 4.69) is 43.4 Å². The van der Waals surface area contributed by atoms with Crippen molar-refractivity contribution in [3.63, 3.8) is 0 Å². The minimum Gasteiger partial charge on any atom is -0.352 e. The van der Waals surface area contributed by atoms with Crippen LogP contribution in [0.5, 0.6) is 0 Å². The monoisotopic (exact) mass is 438 g/mol. The molecular weight excluding hydrogens is 404 g/mol. The van der Waals surface area contributed by atoms with E-state index in [0.717, 1.165) is 23.3 Å². The third-order valence-electron chi connectivity index (χ3n) is 5.94. The fraction of sp³-hybridized carbons (Fsp3) is 0.462. The molecule has 0 saturated heterocycles. The topological polar surface area (TPSA) is 49.4 Å². The van der Waals surface area contributed by atoms with Crippen LogP contribution >= 0.6 is 11.8 Å². The Bertz CT molecular complexity index is 858. The van der Waals surface area contributed by atoms with Gasteiger partial charge in [0.05, 0.1) is 5.75 Å². The van der Waals surface area contributed by atoms with E-state index < -0.39 is 6.04 Å². The van der Waals surface area contributed by atoms with Gasteiger partial charge in [-0.05, 0) is 50.8 Å². The molecule has 5 heteroatoms. The first-order valence-corrected chi connectivity index (χ1v) is 12.3. The number of nitrogens with one attached hydrogen (secondary N) is 1. The molecule has 0 bridgehead atoms. The Morgan fingerprint density at radius 1 is 1.00 bits per heavy atom. The van der Waals surface area contributed by atoms with E-state index in [-0.39, 0.29) is 17.9 Å². The van der Waals surface area contributed by atoms with Crippen LogP contribution in [0, 0.1) is 13.8 Å². The highest BCUT2D eigenvalue weighted by atomic mass is 32.2. The number of hydrogen-bond donors (Lipinski definition) is 1. The van der Waals surface area contributed by atoms with Gasteiger partial charge in [0.25, 0.3) is 0 Å².